The molecule has 0 radical (unpaired) electrons. The van der Waals surface area contributed by atoms with Crippen molar-refractivity contribution in [3.05, 3.63) is 29.0 Å². The van der Waals surface area contributed by atoms with Crippen LogP contribution in [0.15, 0.2) is 18.2 Å². The lowest BCUT2D eigenvalue weighted by Gasteiger charge is -2.21. The van der Waals surface area contributed by atoms with Gasteiger partial charge in [-0.1, -0.05) is 11.6 Å². The Kier molecular flexibility index (Phi) is 4.15. The number of amides is 2. The van der Waals surface area contributed by atoms with E-state index in [2.05, 4.69) is 9.97 Å². The van der Waals surface area contributed by atoms with Gasteiger partial charge in [0.15, 0.2) is 0 Å². The highest BCUT2D eigenvalue weighted by Crippen LogP contribution is 2.33. The molecule has 2 heterocycles. The van der Waals surface area contributed by atoms with Crippen LogP contribution < -0.4 is 0 Å². The number of nitrogens with zero attached hydrogens (tertiary/aromatic N) is 3. The number of carbonyl (C=O) groups is 2. The van der Waals surface area contributed by atoms with Crippen LogP contribution in [-0.4, -0.2) is 57.8 Å². The van der Waals surface area contributed by atoms with Crippen molar-refractivity contribution < 1.29 is 9.59 Å². The average Bonchev–Trinajstić information content (AvgIpc) is 3.24. The van der Waals surface area contributed by atoms with Gasteiger partial charge in [-0.15, -0.1) is 0 Å². The van der Waals surface area contributed by atoms with E-state index in [1.807, 2.05) is 23.1 Å². The van der Waals surface area contributed by atoms with Crippen molar-refractivity contribution in [3.8, 4) is 0 Å². The zero-order chi connectivity index (χ0) is 17.6. The van der Waals surface area contributed by atoms with Crippen molar-refractivity contribution in [1.29, 1.82) is 0 Å². The number of likely N-dealkylation sites (tertiary alicyclic amines) is 1. The Morgan fingerprint density at radius 2 is 2.24 bits per heavy atom. The van der Waals surface area contributed by atoms with E-state index >= 15 is 0 Å². The Hall–Kier alpha value is -2.08. The Labute approximate surface area is 151 Å². The lowest BCUT2D eigenvalue weighted by Crippen LogP contribution is -2.36. The third kappa shape index (κ3) is 3.35. The fourth-order valence-electron chi connectivity index (χ4n) is 3.48. The summed E-state index contributed by atoms with van der Waals surface area (Å²) in [4.78, 5) is 36.0. The zero-order valence-corrected chi connectivity index (χ0v) is 14.9. The van der Waals surface area contributed by atoms with E-state index < -0.39 is 0 Å². The lowest BCUT2D eigenvalue weighted by atomic mass is 10.1. The van der Waals surface area contributed by atoms with E-state index in [4.69, 9.17) is 11.6 Å². The second-order valence-corrected chi connectivity index (χ2v) is 7.47. The van der Waals surface area contributed by atoms with Gasteiger partial charge in [-0.05, 0) is 31.0 Å². The second kappa shape index (κ2) is 6.33. The predicted octanol–water partition coefficient (Wildman–Crippen LogP) is 2.23. The largest absolute Gasteiger partial charge is 0.345 e. The number of benzene rings is 1. The molecule has 2 aliphatic rings. The van der Waals surface area contributed by atoms with Crippen LogP contribution in [0.5, 0.6) is 0 Å². The number of hydrogen-bond donors (Lipinski definition) is 1. The molecule has 1 aromatic heterocycles. The molecule has 1 unspecified atom stereocenters. The molecule has 1 atom stereocenters. The molecule has 2 amide bonds. The Bertz CT molecular complexity index is 830. The number of aromatic nitrogens is 2. The number of imidazole rings is 1. The van der Waals surface area contributed by atoms with Crippen molar-refractivity contribution >= 4 is 34.4 Å². The molecule has 6 nitrogen and oxygen atoms in total. The van der Waals surface area contributed by atoms with E-state index in [-0.39, 0.29) is 17.7 Å². The van der Waals surface area contributed by atoms with Gasteiger partial charge in [-0.25, -0.2) is 4.98 Å². The molecule has 1 saturated heterocycles. The van der Waals surface area contributed by atoms with Crippen molar-refractivity contribution in [2.24, 2.45) is 5.92 Å². The first kappa shape index (κ1) is 16.4. The standard InChI is InChI=1S/C18H21ClN4O2/c1-22(18(25)11-8-17(24)23(10-11)13-3-4-13)7-6-16-20-14-5-2-12(19)9-15(14)21-16/h2,5,9,11,13H,3-4,6-8,10H2,1H3,(H,20,21). The SMILES string of the molecule is CN(CCc1nc2ccc(Cl)cc2[nH]1)C(=O)C1CC(=O)N(C2CC2)C1. The molecule has 2 fully saturated rings. The van der Waals surface area contributed by atoms with Gasteiger partial charge in [-0.2, -0.15) is 0 Å². The fraction of sp³-hybridized carbons (Fsp3) is 0.500. The quantitative estimate of drug-likeness (QED) is 0.888. The molecule has 2 aromatic rings. The van der Waals surface area contributed by atoms with Gasteiger partial charge in [0.2, 0.25) is 11.8 Å². The van der Waals surface area contributed by atoms with Crippen LogP contribution in [0, 0.1) is 5.92 Å². The maximum atomic E-state index is 12.6. The molecular weight excluding hydrogens is 340 g/mol. The van der Waals surface area contributed by atoms with Gasteiger partial charge >= 0.3 is 0 Å². The summed E-state index contributed by atoms with van der Waals surface area (Å²) in [6.07, 6.45) is 3.15. The van der Waals surface area contributed by atoms with Crippen LogP contribution in [0.3, 0.4) is 0 Å². The smallest absolute Gasteiger partial charge is 0.227 e. The molecule has 1 aliphatic carbocycles. The minimum Gasteiger partial charge on any atom is -0.345 e. The summed E-state index contributed by atoms with van der Waals surface area (Å²) in [6.45, 7) is 1.15. The number of fused-ring (bicyclic) bond motifs is 1. The number of halogens is 1. The zero-order valence-electron chi connectivity index (χ0n) is 14.2. The molecule has 7 heteroatoms. The molecule has 25 heavy (non-hydrogen) atoms. The van der Waals surface area contributed by atoms with Crippen molar-refractivity contribution in [2.45, 2.75) is 31.7 Å². The summed E-state index contributed by atoms with van der Waals surface area (Å²) in [5.74, 6) is 0.811. The molecule has 1 aromatic carbocycles. The number of hydrogen-bond acceptors (Lipinski definition) is 3. The topological polar surface area (TPSA) is 69.3 Å². The molecule has 0 spiro atoms. The first-order valence-corrected chi connectivity index (χ1v) is 9.07. The maximum Gasteiger partial charge on any atom is 0.227 e. The first-order chi connectivity index (χ1) is 12.0. The minimum absolute atomic E-state index is 0.0515. The number of rotatable bonds is 5. The summed E-state index contributed by atoms with van der Waals surface area (Å²) in [5.41, 5.74) is 1.77. The van der Waals surface area contributed by atoms with E-state index in [9.17, 15) is 9.59 Å². The van der Waals surface area contributed by atoms with Crippen molar-refractivity contribution in [3.63, 3.8) is 0 Å². The van der Waals surface area contributed by atoms with Gasteiger partial charge in [-0.3, -0.25) is 9.59 Å². The van der Waals surface area contributed by atoms with Crippen LogP contribution in [0.4, 0.5) is 0 Å². The van der Waals surface area contributed by atoms with Gasteiger partial charge < -0.3 is 14.8 Å². The maximum absolute atomic E-state index is 12.6. The number of likely N-dealkylation sites (N-methyl/N-ethyl adjacent to an activating group) is 1. The van der Waals surface area contributed by atoms with Crippen LogP contribution in [0.1, 0.15) is 25.1 Å². The van der Waals surface area contributed by atoms with Gasteiger partial charge in [0.05, 0.1) is 17.0 Å². The molecule has 4 rings (SSSR count). The number of H-pyrrole nitrogens is 1. The summed E-state index contributed by atoms with van der Waals surface area (Å²) in [6, 6.07) is 5.92. The predicted molar refractivity (Wildman–Crippen MR) is 95.3 cm³/mol. The lowest BCUT2D eigenvalue weighted by molar-refractivity contribution is -0.134. The number of nitrogens with one attached hydrogen (secondary N) is 1. The molecule has 132 valence electrons. The molecule has 0 bridgehead atoms. The third-order valence-electron chi connectivity index (χ3n) is 5.05. The third-order valence-corrected chi connectivity index (χ3v) is 5.28. The van der Waals surface area contributed by atoms with Crippen molar-refractivity contribution in [2.75, 3.05) is 20.1 Å². The molecule has 1 N–H and O–H groups in total. The van der Waals surface area contributed by atoms with Gasteiger partial charge in [0.1, 0.15) is 5.82 Å². The Morgan fingerprint density at radius 1 is 1.44 bits per heavy atom. The highest BCUT2D eigenvalue weighted by atomic mass is 35.5. The molecule has 1 saturated carbocycles. The summed E-state index contributed by atoms with van der Waals surface area (Å²) >= 11 is 5.99. The van der Waals surface area contributed by atoms with E-state index in [1.54, 1.807) is 11.9 Å². The highest BCUT2D eigenvalue weighted by Gasteiger charge is 2.42. The van der Waals surface area contributed by atoms with Crippen LogP contribution >= 0.6 is 11.6 Å². The van der Waals surface area contributed by atoms with Gasteiger partial charge in [0, 0.05) is 44.0 Å². The monoisotopic (exact) mass is 360 g/mol. The van der Waals surface area contributed by atoms with Crippen LogP contribution in [0.25, 0.3) is 11.0 Å². The highest BCUT2D eigenvalue weighted by molar-refractivity contribution is 6.31. The van der Waals surface area contributed by atoms with Gasteiger partial charge in [0.25, 0.3) is 0 Å². The Morgan fingerprint density at radius 3 is 3.00 bits per heavy atom. The van der Waals surface area contributed by atoms with E-state index in [0.717, 1.165) is 29.7 Å². The van der Waals surface area contributed by atoms with E-state index in [0.29, 0.717) is 37.0 Å². The number of carbonyl (C=O) groups excluding carboxylic acids is 2. The first-order valence-electron chi connectivity index (χ1n) is 8.70. The van der Waals surface area contributed by atoms with Crippen LogP contribution in [-0.2, 0) is 16.0 Å². The molecule has 1 aliphatic heterocycles. The average molecular weight is 361 g/mol. The van der Waals surface area contributed by atoms with Crippen molar-refractivity contribution in [1.82, 2.24) is 19.8 Å². The van der Waals surface area contributed by atoms with E-state index in [1.165, 1.54) is 0 Å². The normalized spacial score (nSPS) is 20.5. The second-order valence-electron chi connectivity index (χ2n) is 7.03. The summed E-state index contributed by atoms with van der Waals surface area (Å²) in [5, 5.41) is 0.668. The summed E-state index contributed by atoms with van der Waals surface area (Å²) in [7, 11) is 1.80. The minimum atomic E-state index is -0.201. The molecular formula is C18H21ClN4O2. The fourth-order valence-corrected chi connectivity index (χ4v) is 3.66. The Balaban J connectivity index is 1.35. The van der Waals surface area contributed by atoms with Crippen LogP contribution in [0.2, 0.25) is 5.02 Å². The number of aromatic amines is 1. The summed E-state index contributed by atoms with van der Waals surface area (Å²) < 4.78 is 0.